The molecule has 1 aliphatic heterocycles. The van der Waals surface area contributed by atoms with Crippen molar-refractivity contribution >= 4 is 16.9 Å². The molecule has 0 unspecified atom stereocenters. The number of β-amino-alcohol motifs (C(OH)–C–C–N with tert-alkyl or cyclic N) is 1. The van der Waals surface area contributed by atoms with E-state index in [-0.39, 0.29) is 17.7 Å². The monoisotopic (exact) mass is 468 g/mol. The summed E-state index contributed by atoms with van der Waals surface area (Å²) in [6.45, 7) is 3.52. The number of methoxy groups -OCH3 is 1. The van der Waals surface area contributed by atoms with Crippen LogP contribution in [-0.2, 0) is 0 Å². The number of ether oxygens (including phenoxy) is 2. The summed E-state index contributed by atoms with van der Waals surface area (Å²) >= 11 is 0. The summed E-state index contributed by atoms with van der Waals surface area (Å²) in [7, 11) is 1.42. The Bertz CT molecular complexity index is 1220. The predicted molar refractivity (Wildman–Crippen MR) is 126 cm³/mol. The zero-order valence-corrected chi connectivity index (χ0v) is 19.3. The highest BCUT2D eigenvalue weighted by atomic mass is 19.1. The Kier molecular flexibility index (Phi) is 6.14. The third-order valence-electron chi connectivity index (χ3n) is 6.58. The molecular formula is C25H29FN4O4. The highest BCUT2D eigenvalue weighted by Crippen LogP contribution is 2.40. The Morgan fingerprint density at radius 3 is 2.82 bits per heavy atom. The first-order valence-electron chi connectivity index (χ1n) is 11.6. The minimum absolute atomic E-state index is 0.111. The summed E-state index contributed by atoms with van der Waals surface area (Å²) in [5.41, 5.74) is 3.64. The number of piperidine rings is 1. The van der Waals surface area contributed by atoms with Gasteiger partial charge in [-0.05, 0) is 50.8 Å². The Morgan fingerprint density at radius 2 is 2.09 bits per heavy atom. The van der Waals surface area contributed by atoms with E-state index >= 15 is 0 Å². The standard InChI is InChI=1S/C25H29FN4O4/c1-13-22(25(32)30-18-6-7-27-11-19(18)31)24-23(29-13)15(5-8-28-24)16-9-21(33-2)17(26)10-20(16)34-12-14-3-4-14/h5,8-10,14,18-19,27,29,31H,3-4,6-7,11-12H2,1-2H3,(H,30,32)/t18-,19-/m1/s1. The molecule has 9 heteroatoms. The molecule has 3 aromatic rings. The second-order valence-electron chi connectivity index (χ2n) is 9.08. The van der Waals surface area contributed by atoms with E-state index in [4.69, 9.17) is 9.47 Å². The summed E-state index contributed by atoms with van der Waals surface area (Å²) in [6, 6.07) is 4.45. The predicted octanol–water partition coefficient (Wildman–Crippen LogP) is 2.93. The fourth-order valence-corrected chi connectivity index (χ4v) is 4.47. The van der Waals surface area contributed by atoms with Crippen molar-refractivity contribution in [3.05, 3.63) is 41.5 Å². The van der Waals surface area contributed by atoms with Crippen LogP contribution >= 0.6 is 0 Å². The number of halogens is 1. The molecule has 1 amide bonds. The van der Waals surface area contributed by atoms with E-state index in [2.05, 4.69) is 20.6 Å². The van der Waals surface area contributed by atoms with Gasteiger partial charge in [-0.1, -0.05) is 0 Å². The summed E-state index contributed by atoms with van der Waals surface area (Å²) in [4.78, 5) is 21.0. The quantitative estimate of drug-likeness (QED) is 0.425. The molecular weight excluding hydrogens is 439 g/mol. The maximum absolute atomic E-state index is 14.5. The molecule has 180 valence electrons. The van der Waals surface area contributed by atoms with Crippen molar-refractivity contribution in [2.75, 3.05) is 26.8 Å². The topological polar surface area (TPSA) is 109 Å². The van der Waals surface area contributed by atoms with Crippen LogP contribution in [-0.4, -0.2) is 59.9 Å². The number of fused-ring (bicyclic) bond motifs is 1. The fraction of sp³-hybridized carbons (Fsp3) is 0.440. The fourth-order valence-electron chi connectivity index (χ4n) is 4.47. The lowest BCUT2D eigenvalue weighted by atomic mass is 10.0. The summed E-state index contributed by atoms with van der Waals surface area (Å²) in [5, 5.41) is 16.3. The van der Waals surface area contributed by atoms with E-state index in [0.717, 1.165) is 24.9 Å². The maximum atomic E-state index is 14.5. The van der Waals surface area contributed by atoms with Crippen LogP contribution in [0.2, 0.25) is 0 Å². The van der Waals surface area contributed by atoms with Crippen molar-refractivity contribution in [2.45, 2.75) is 38.3 Å². The third-order valence-corrected chi connectivity index (χ3v) is 6.58. The first kappa shape index (κ1) is 22.6. The van der Waals surface area contributed by atoms with Gasteiger partial charge < -0.3 is 30.2 Å². The maximum Gasteiger partial charge on any atom is 0.255 e. The normalized spacial score (nSPS) is 20.4. The van der Waals surface area contributed by atoms with E-state index < -0.39 is 11.9 Å². The zero-order valence-electron chi connectivity index (χ0n) is 19.3. The van der Waals surface area contributed by atoms with Crippen molar-refractivity contribution in [1.82, 2.24) is 20.6 Å². The van der Waals surface area contributed by atoms with E-state index in [1.54, 1.807) is 12.3 Å². The molecule has 8 nitrogen and oxygen atoms in total. The largest absolute Gasteiger partial charge is 0.494 e. The Hall–Kier alpha value is -3.17. The number of carbonyl (C=O) groups is 1. The third kappa shape index (κ3) is 4.33. The molecule has 0 radical (unpaired) electrons. The minimum Gasteiger partial charge on any atom is -0.494 e. The van der Waals surface area contributed by atoms with E-state index in [0.29, 0.717) is 59.1 Å². The van der Waals surface area contributed by atoms with Crippen LogP contribution in [0.5, 0.6) is 11.5 Å². The van der Waals surface area contributed by atoms with Gasteiger partial charge >= 0.3 is 0 Å². The smallest absolute Gasteiger partial charge is 0.255 e. The molecule has 4 N–H and O–H groups in total. The van der Waals surface area contributed by atoms with Gasteiger partial charge in [0.05, 0.1) is 36.9 Å². The molecule has 34 heavy (non-hydrogen) atoms. The van der Waals surface area contributed by atoms with Crippen molar-refractivity contribution in [3.8, 4) is 22.6 Å². The number of rotatable bonds is 7. The number of carbonyl (C=O) groups excluding carboxylic acids is 1. The molecule has 0 spiro atoms. The van der Waals surface area contributed by atoms with E-state index in [1.807, 2.05) is 13.0 Å². The lowest BCUT2D eigenvalue weighted by Gasteiger charge is -2.29. The number of pyridine rings is 1. The number of hydrogen-bond acceptors (Lipinski definition) is 6. The molecule has 2 fully saturated rings. The van der Waals surface area contributed by atoms with E-state index in [1.165, 1.54) is 13.2 Å². The Morgan fingerprint density at radius 1 is 1.26 bits per heavy atom. The Balaban J connectivity index is 1.55. The molecule has 3 heterocycles. The number of nitrogens with zero attached hydrogens (tertiary/aromatic N) is 1. The lowest BCUT2D eigenvalue weighted by Crippen LogP contribution is -2.52. The molecule has 1 saturated heterocycles. The van der Waals surface area contributed by atoms with Crippen LogP contribution < -0.4 is 20.1 Å². The van der Waals surface area contributed by atoms with Crippen LogP contribution in [0.3, 0.4) is 0 Å². The minimum atomic E-state index is -0.649. The number of nitrogens with one attached hydrogen (secondary N) is 3. The Labute approximate surface area is 196 Å². The van der Waals surface area contributed by atoms with Crippen LogP contribution in [0.1, 0.15) is 35.3 Å². The number of aromatic nitrogens is 2. The van der Waals surface area contributed by atoms with Crippen molar-refractivity contribution in [3.63, 3.8) is 0 Å². The van der Waals surface area contributed by atoms with Crippen molar-refractivity contribution < 1.29 is 23.8 Å². The number of amides is 1. The number of aromatic amines is 1. The van der Waals surface area contributed by atoms with Gasteiger partial charge in [-0.3, -0.25) is 9.78 Å². The second-order valence-corrected chi connectivity index (χ2v) is 9.08. The molecule has 2 aromatic heterocycles. The van der Waals surface area contributed by atoms with Crippen LogP contribution in [0.15, 0.2) is 24.4 Å². The SMILES string of the molecule is COc1cc(-c2ccnc3c(C(=O)N[C@@H]4CCNC[C@H]4O)c(C)[nH]c23)c(OCC2CC2)cc1F. The number of benzene rings is 1. The first-order valence-corrected chi connectivity index (χ1v) is 11.6. The molecule has 5 rings (SSSR count). The van der Waals surface area contributed by atoms with Gasteiger partial charge in [-0.2, -0.15) is 0 Å². The molecule has 1 aromatic carbocycles. The highest BCUT2D eigenvalue weighted by Gasteiger charge is 2.28. The first-order chi connectivity index (χ1) is 16.5. The van der Waals surface area contributed by atoms with Crippen molar-refractivity contribution in [2.24, 2.45) is 5.92 Å². The molecule has 1 aliphatic carbocycles. The zero-order chi connectivity index (χ0) is 23.8. The molecule has 1 saturated carbocycles. The number of hydrogen-bond donors (Lipinski definition) is 4. The molecule has 2 aliphatic rings. The average Bonchev–Trinajstić information content (AvgIpc) is 3.59. The second kappa shape index (κ2) is 9.23. The lowest BCUT2D eigenvalue weighted by molar-refractivity contribution is 0.0766. The summed E-state index contributed by atoms with van der Waals surface area (Å²) in [6.07, 6.45) is 3.86. The van der Waals surface area contributed by atoms with Gasteiger partial charge in [0.2, 0.25) is 0 Å². The van der Waals surface area contributed by atoms with Gasteiger partial charge in [0.1, 0.15) is 11.3 Å². The number of aryl methyl sites for hydroxylation is 1. The van der Waals surface area contributed by atoms with Crippen LogP contribution in [0.4, 0.5) is 4.39 Å². The van der Waals surface area contributed by atoms with Crippen LogP contribution in [0, 0.1) is 18.7 Å². The number of H-pyrrole nitrogens is 1. The molecule has 0 bridgehead atoms. The van der Waals surface area contributed by atoms with Gasteiger partial charge in [-0.25, -0.2) is 4.39 Å². The van der Waals surface area contributed by atoms with Gasteiger partial charge in [-0.15, -0.1) is 0 Å². The molecule has 2 atom stereocenters. The average molecular weight is 469 g/mol. The summed E-state index contributed by atoms with van der Waals surface area (Å²) < 4.78 is 25.7. The summed E-state index contributed by atoms with van der Waals surface area (Å²) in [5.74, 6) is 0.254. The van der Waals surface area contributed by atoms with Gasteiger partial charge in [0.15, 0.2) is 11.6 Å². The highest BCUT2D eigenvalue weighted by molar-refractivity contribution is 6.09. The van der Waals surface area contributed by atoms with Gasteiger partial charge in [0, 0.05) is 35.6 Å². The van der Waals surface area contributed by atoms with Crippen molar-refractivity contribution in [1.29, 1.82) is 0 Å². The van der Waals surface area contributed by atoms with Gasteiger partial charge in [0.25, 0.3) is 5.91 Å². The number of aliphatic hydroxyl groups is 1. The van der Waals surface area contributed by atoms with E-state index in [9.17, 15) is 14.3 Å². The van der Waals surface area contributed by atoms with Crippen LogP contribution in [0.25, 0.3) is 22.2 Å². The number of aliphatic hydroxyl groups excluding tert-OH is 1.